The van der Waals surface area contributed by atoms with Crippen molar-refractivity contribution < 1.29 is 18.9 Å². The molecule has 3 rings (SSSR count). The van der Waals surface area contributed by atoms with E-state index in [-0.39, 0.29) is 28.8 Å². The van der Waals surface area contributed by atoms with Crippen LogP contribution in [-0.2, 0) is 0 Å². The zero-order valence-electron chi connectivity index (χ0n) is 15.4. The number of hydrogen-bond acceptors (Lipinski definition) is 5. The molecule has 1 aliphatic heterocycles. The summed E-state index contributed by atoms with van der Waals surface area (Å²) in [6, 6.07) is 9.88. The molecule has 7 nitrogen and oxygen atoms in total. The first-order valence-electron chi connectivity index (χ1n) is 8.96. The molecular formula is C20H20FN3O4. The number of nitro benzene ring substituents is 1. The van der Waals surface area contributed by atoms with E-state index >= 15 is 0 Å². The normalized spacial score (nSPS) is 14.6. The molecule has 0 aromatic heterocycles. The van der Waals surface area contributed by atoms with Crippen molar-refractivity contribution in [2.75, 3.05) is 25.0 Å². The van der Waals surface area contributed by atoms with Crippen molar-refractivity contribution in [1.29, 1.82) is 0 Å². The van der Waals surface area contributed by atoms with Crippen molar-refractivity contribution in [3.63, 3.8) is 0 Å². The quantitative estimate of drug-likeness (QED) is 0.485. The van der Waals surface area contributed by atoms with Gasteiger partial charge in [0, 0.05) is 43.2 Å². The lowest BCUT2D eigenvalue weighted by molar-refractivity contribution is -0.384. The van der Waals surface area contributed by atoms with Crippen LogP contribution in [0.5, 0.6) is 0 Å². The van der Waals surface area contributed by atoms with E-state index in [0.29, 0.717) is 37.2 Å². The van der Waals surface area contributed by atoms with Gasteiger partial charge in [0.1, 0.15) is 11.5 Å². The first-order chi connectivity index (χ1) is 13.4. The van der Waals surface area contributed by atoms with E-state index < -0.39 is 10.8 Å². The lowest BCUT2D eigenvalue weighted by Gasteiger charge is -2.32. The fourth-order valence-corrected chi connectivity index (χ4v) is 3.46. The number of piperidine rings is 1. The zero-order chi connectivity index (χ0) is 20.3. The third-order valence-corrected chi connectivity index (χ3v) is 5.00. The lowest BCUT2D eigenvalue weighted by atomic mass is 9.88. The highest BCUT2D eigenvalue weighted by molar-refractivity contribution is 5.98. The Morgan fingerprint density at radius 1 is 1.11 bits per heavy atom. The molecule has 1 saturated heterocycles. The largest absolute Gasteiger partial charge is 0.366 e. The van der Waals surface area contributed by atoms with E-state index in [0.717, 1.165) is 0 Å². The second-order valence-corrected chi connectivity index (χ2v) is 6.67. The molecule has 2 aromatic carbocycles. The molecule has 0 spiro atoms. The minimum Gasteiger partial charge on any atom is -0.366 e. The van der Waals surface area contributed by atoms with Crippen molar-refractivity contribution >= 4 is 23.1 Å². The Bertz CT molecular complexity index is 906. The van der Waals surface area contributed by atoms with E-state index in [1.807, 2.05) is 4.90 Å². The van der Waals surface area contributed by atoms with E-state index in [1.54, 1.807) is 12.1 Å². The first kappa shape index (κ1) is 19.5. The number of rotatable bonds is 5. The number of ketones is 1. The Morgan fingerprint density at radius 3 is 2.29 bits per heavy atom. The summed E-state index contributed by atoms with van der Waals surface area (Å²) in [6.07, 6.45) is 1.09. The second kappa shape index (κ2) is 8.16. The molecule has 146 valence electrons. The van der Waals surface area contributed by atoms with Gasteiger partial charge in [-0.25, -0.2) is 4.39 Å². The van der Waals surface area contributed by atoms with Gasteiger partial charge in [0.05, 0.1) is 4.92 Å². The van der Waals surface area contributed by atoms with Crippen molar-refractivity contribution in [2.45, 2.75) is 12.8 Å². The molecule has 0 unspecified atom stereocenters. The van der Waals surface area contributed by atoms with E-state index in [4.69, 9.17) is 0 Å². The third kappa shape index (κ3) is 4.00. The number of hydrogen-bond donors (Lipinski definition) is 1. The number of anilines is 1. The lowest BCUT2D eigenvalue weighted by Crippen LogP contribution is -2.36. The monoisotopic (exact) mass is 385 g/mol. The van der Waals surface area contributed by atoms with Gasteiger partial charge in [-0.05, 0) is 49.2 Å². The van der Waals surface area contributed by atoms with Gasteiger partial charge in [-0.1, -0.05) is 0 Å². The molecular weight excluding hydrogens is 365 g/mol. The van der Waals surface area contributed by atoms with E-state index in [1.165, 1.54) is 37.4 Å². The number of benzene rings is 2. The maximum absolute atomic E-state index is 13.0. The highest BCUT2D eigenvalue weighted by Crippen LogP contribution is 2.33. The molecule has 2 aromatic rings. The SMILES string of the molecule is CNC(=O)c1ccc(N2CCC(C(=O)c3ccc(F)cc3)CC2)c([N+](=O)[O-])c1. The van der Waals surface area contributed by atoms with Crippen LogP contribution in [0.2, 0.25) is 0 Å². The van der Waals surface area contributed by atoms with E-state index in [2.05, 4.69) is 5.32 Å². The van der Waals surface area contributed by atoms with Crippen molar-refractivity contribution in [3.8, 4) is 0 Å². The highest BCUT2D eigenvalue weighted by atomic mass is 19.1. The molecule has 28 heavy (non-hydrogen) atoms. The maximum atomic E-state index is 13.0. The number of amides is 1. The summed E-state index contributed by atoms with van der Waals surface area (Å²) in [6.45, 7) is 0.968. The topological polar surface area (TPSA) is 92.6 Å². The summed E-state index contributed by atoms with van der Waals surface area (Å²) in [5.74, 6) is -1.02. The molecule has 1 N–H and O–H groups in total. The summed E-state index contributed by atoms with van der Waals surface area (Å²) in [4.78, 5) is 37.2. The van der Waals surface area contributed by atoms with Crippen molar-refractivity contribution in [3.05, 3.63) is 69.5 Å². The van der Waals surface area contributed by atoms with E-state index in [9.17, 15) is 24.1 Å². The average Bonchev–Trinajstić information content (AvgIpc) is 2.73. The number of nitrogens with one attached hydrogen (secondary N) is 1. The van der Waals surface area contributed by atoms with Crippen LogP contribution in [0.25, 0.3) is 0 Å². The second-order valence-electron chi connectivity index (χ2n) is 6.67. The van der Waals surface area contributed by atoms with Gasteiger partial charge >= 0.3 is 0 Å². The number of carbonyl (C=O) groups is 2. The van der Waals surface area contributed by atoms with Crippen LogP contribution in [0.4, 0.5) is 15.8 Å². The average molecular weight is 385 g/mol. The Kier molecular flexibility index (Phi) is 5.67. The van der Waals surface area contributed by atoms with Gasteiger partial charge in [-0.2, -0.15) is 0 Å². The summed E-state index contributed by atoms with van der Waals surface area (Å²) in [5.41, 5.74) is 0.995. The first-order valence-corrected chi connectivity index (χ1v) is 8.96. The van der Waals surface area contributed by atoms with Gasteiger partial charge < -0.3 is 10.2 Å². The maximum Gasteiger partial charge on any atom is 0.293 e. The van der Waals surface area contributed by atoms with Crippen LogP contribution < -0.4 is 10.2 Å². The molecule has 1 heterocycles. The summed E-state index contributed by atoms with van der Waals surface area (Å²) < 4.78 is 13.0. The summed E-state index contributed by atoms with van der Waals surface area (Å²) in [7, 11) is 1.46. The predicted molar refractivity (Wildman–Crippen MR) is 102 cm³/mol. The molecule has 0 radical (unpaired) electrons. The van der Waals surface area contributed by atoms with Crippen molar-refractivity contribution in [2.24, 2.45) is 5.92 Å². The van der Waals surface area contributed by atoms with Gasteiger partial charge in [-0.15, -0.1) is 0 Å². The molecule has 0 bridgehead atoms. The Hall–Kier alpha value is -3.29. The molecule has 1 amide bonds. The zero-order valence-corrected chi connectivity index (χ0v) is 15.4. The number of nitrogens with zero attached hydrogens (tertiary/aromatic N) is 2. The van der Waals surface area contributed by atoms with Gasteiger partial charge in [0.15, 0.2) is 5.78 Å². The van der Waals surface area contributed by atoms with Crippen LogP contribution in [0.15, 0.2) is 42.5 Å². The molecule has 0 aliphatic carbocycles. The summed E-state index contributed by atoms with van der Waals surface area (Å²) >= 11 is 0. The number of Topliss-reactive ketones (excluding diaryl/α,β-unsaturated/α-hetero) is 1. The van der Waals surface area contributed by atoms with Gasteiger partial charge in [-0.3, -0.25) is 19.7 Å². The van der Waals surface area contributed by atoms with Crippen molar-refractivity contribution in [1.82, 2.24) is 5.32 Å². The van der Waals surface area contributed by atoms with Gasteiger partial charge in [0.25, 0.3) is 11.6 Å². The van der Waals surface area contributed by atoms with Gasteiger partial charge in [0.2, 0.25) is 0 Å². The molecule has 1 fully saturated rings. The van der Waals surface area contributed by atoms with Crippen LogP contribution in [0.1, 0.15) is 33.6 Å². The Labute approximate surface area is 161 Å². The fourth-order valence-electron chi connectivity index (χ4n) is 3.46. The Balaban J connectivity index is 1.74. The third-order valence-electron chi connectivity index (χ3n) is 5.00. The molecule has 0 atom stereocenters. The van der Waals surface area contributed by atoms with Crippen LogP contribution in [-0.4, -0.2) is 36.8 Å². The van der Waals surface area contributed by atoms with Crippen LogP contribution in [0, 0.1) is 21.8 Å². The van der Waals surface area contributed by atoms with Crippen LogP contribution >= 0.6 is 0 Å². The minimum absolute atomic E-state index is 0.0379. The van der Waals surface area contributed by atoms with Crippen LogP contribution in [0.3, 0.4) is 0 Å². The molecule has 1 aliphatic rings. The number of halogens is 1. The minimum atomic E-state index is -0.502. The summed E-state index contributed by atoms with van der Waals surface area (Å²) in [5, 5.41) is 13.9. The predicted octanol–water partition coefficient (Wildman–Crippen LogP) is 3.19. The fraction of sp³-hybridized carbons (Fsp3) is 0.300. The molecule has 0 saturated carbocycles. The highest BCUT2D eigenvalue weighted by Gasteiger charge is 2.29. The number of carbonyl (C=O) groups excluding carboxylic acids is 2. The Morgan fingerprint density at radius 2 is 1.71 bits per heavy atom. The number of nitro groups is 1. The molecule has 8 heteroatoms. The smallest absolute Gasteiger partial charge is 0.293 e. The standard InChI is InChI=1S/C20H20FN3O4/c1-22-20(26)15-4-7-17(18(12-15)24(27)28)23-10-8-14(9-11-23)19(25)13-2-5-16(21)6-3-13/h2-7,12,14H,8-11H2,1H3,(H,22,26).